The average molecular weight is 384 g/mol. The lowest BCUT2D eigenvalue weighted by Gasteiger charge is -2.15. The Labute approximate surface area is 162 Å². The summed E-state index contributed by atoms with van der Waals surface area (Å²) in [5.41, 5.74) is 3.80. The van der Waals surface area contributed by atoms with Crippen molar-refractivity contribution in [3.05, 3.63) is 95.1 Å². The summed E-state index contributed by atoms with van der Waals surface area (Å²) in [6.07, 6.45) is 3.58. The normalized spacial score (nSPS) is 13.6. The smallest absolute Gasteiger partial charge is 0.416 e. The first kappa shape index (κ1) is 19.7. The molecule has 2 aromatic carbocycles. The lowest BCUT2D eigenvalue weighted by atomic mass is 9.90. The molecule has 0 saturated carbocycles. The number of halogens is 3. The summed E-state index contributed by atoms with van der Waals surface area (Å²) in [5, 5.41) is 0. The van der Waals surface area contributed by atoms with Crippen LogP contribution in [0.15, 0.2) is 78.4 Å². The Balaban J connectivity index is 2.13. The molecule has 0 heterocycles. The van der Waals surface area contributed by atoms with E-state index in [1.54, 1.807) is 7.11 Å². The number of allylic oxidation sites excluding steroid dienone is 5. The second-order valence-corrected chi connectivity index (χ2v) is 6.62. The lowest BCUT2D eigenvalue weighted by Crippen LogP contribution is -2.10. The molecule has 0 spiro atoms. The second kappa shape index (κ2) is 7.89. The third-order valence-corrected chi connectivity index (χ3v) is 4.55. The molecule has 2 nitrogen and oxygen atoms in total. The first-order valence-corrected chi connectivity index (χ1v) is 8.76. The molecule has 0 bridgehead atoms. The molecule has 2 aromatic rings. The number of benzene rings is 2. The SMILES string of the molecule is COc1ccc(C(=C2C=CC(=[N+](C)C)C=C2)c2ccc(C(F)(F)F)cc2)cc1. The van der Waals surface area contributed by atoms with E-state index in [0.717, 1.165) is 45.9 Å². The maximum Gasteiger partial charge on any atom is 0.416 e. The van der Waals surface area contributed by atoms with Crippen molar-refractivity contribution >= 4 is 11.3 Å². The van der Waals surface area contributed by atoms with Crippen LogP contribution >= 0.6 is 0 Å². The third-order valence-electron chi connectivity index (χ3n) is 4.55. The van der Waals surface area contributed by atoms with Crippen molar-refractivity contribution in [1.82, 2.24) is 0 Å². The van der Waals surface area contributed by atoms with Crippen LogP contribution < -0.4 is 4.74 Å². The van der Waals surface area contributed by atoms with E-state index < -0.39 is 11.7 Å². The van der Waals surface area contributed by atoms with Gasteiger partial charge in [-0.1, -0.05) is 24.3 Å². The Morgan fingerprint density at radius 2 is 1.29 bits per heavy atom. The predicted molar refractivity (Wildman–Crippen MR) is 106 cm³/mol. The second-order valence-electron chi connectivity index (χ2n) is 6.62. The minimum atomic E-state index is -4.35. The van der Waals surface area contributed by atoms with Gasteiger partial charge in [-0.2, -0.15) is 13.2 Å². The van der Waals surface area contributed by atoms with Gasteiger partial charge >= 0.3 is 6.18 Å². The van der Waals surface area contributed by atoms with Crippen LogP contribution in [0.3, 0.4) is 0 Å². The Morgan fingerprint density at radius 1 is 0.786 bits per heavy atom. The van der Waals surface area contributed by atoms with Gasteiger partial charge in [-0.25, -0.2) is 4.58 Å². The number of rotatable bonds is 3. The molecule has 144 valence electrons. The number of alkyl halides is 3. The fourth-order valence-electron chi connectivity index (χ4n) is 3.01. The van der Waals surface area contributed by atoms with Crippen LogP contribution in [0.25, 0.3) is 5.57 Å². The summed E-state index contributed by atoms with van der Waals surface area (Å²) >= 11 is 0. The zero-order valence-corrected chi connectivity index (χ0v) is 15.9. The zero-order valence-electron chi connectivity index (χ0n) is 15.9. The standard InChI is InChI=1S/C23H21F3NO/c1-27(2)20-12-6-17(7-13-20)22(18-8-14-21(28-3)15-9-18)16-4-10-19(11-5-16)23(24,25)26/h4-15H,1-3H3/q+1. The van der Waals surface area contributed by atoms with E-state index in [4.69, 9.17) is 4.74 Å². The Bertz CT molecular complexity index is 954. The highest BCUT2D eigenvalue weighted by Crippen LogP contribution is 2.34. The van der Waals surface area contributed by atoms with Crippen molar-refractivity contribution < 1.29 is 22.5 Å². The van der Waals surface area contributed by atoms with Crippen LogP contribution in [0.1, 0.15) is 16.7 Å². The van der Waals surface area contributed by atoms with Crippen molar-refractivity contribution in [2.75, 3.05) is 21.2 Å². The van der Waals surface area contributed by atoms with E-state index in [-0.39, 0.29) is 0 Å². The molecule has 0 radical (unpaired) electrons. The highest BCUT2D eigenvalue weighted by atomic mass is 19.4. The van der Waals surface area contributed by atoms with Gasteiger partial charge in [0.05, 0.1) is 12.7 Å². The van der Waals surface area contributed by atoms with Crippen molar-refractivity contribution in [2.45, 2.75) is 6.18 Å². The van der Waals surface area contributed by atoms with Gasteiger partial charge in [0.15, 0.2) is 5.71 Å². The Morgan fingerprint density at radius 3 is 1.71 bits per heavy atom. The van der Waals surface area contributed by atoms with E-state index in [2.05, 4.69) is 0 Å². The van der Waals surface area contributed by atoms with Crippen molar-refractivity contribution in [3.8, 4) is 5.75 Å². The summed E-state index contributed by atoms with van der Waals surface area (Å²) in [4.78, 5) is 0. The fraction of sp³-hybridized carbons (Fsp3) is 0.174. The van der Waals surface area contributed by atoms with E-state index in [1.165, 1.54) is 12.1 Å². The van der Waals surface area contributed by atoms with Crippen LogP contribution in [0.2, 0.25) is 0 Å². The molecule has 3 rings (SSSR count). The third kappa shape index (κ3) is 4.25. The molecule has 1 aliphatic rings. The van der Waals surface area contributed by atoms with Crippen LogP contribution in [-0.2, 0) is 6.18 Å². The molecule has 0 amide bonds. The number of ether oxygens (including phenoxy) is 1. The van der Waals surface area contributed by atoms with E-state index in [9.17, 15) is 13.2 Å². The minimum Gasteiger partial charge on any atom is -0.497 e. The Kier molecular flexibility index (Phi) is 5.54. The molecule has 0 fully saturated rings. The summed E-state index contributed by atoms with van der Waals surface area (Å²) in [7, 11) is 5.51. The van der Waals surface area contributed by atoms with Crippen molar-refractivity contribution in [2.24, 2.45) is 0 Å². The molecule has 5 heteroatoms. The summed E-state index contributed by atoms with van der Waals surface area (Å²) in [6, 6.07) is 12.8. The number of nitrogens with zero attached hydrogens (tertiary/aromatic N) is 1. The molecule has 0 aromatic heterocycles. The number of methoxy groups -OCH3 is 1. The van der Waals surface area contributed by atoms with E-state index in [1.807, 2.05) is 67.2 Å². The molecule has 0 unspecified atom stereocenters. The van der Waals surface area contributed by atoms with Gasteiger partial charge in [0, 0.05) is 12.2 Å². The highest BCUT2D eigenvalue weighted by molar-refractivity contribution is 6.03. The molecule has 0 atom stereocenters. The molecular formula is C23H21F3NO+. The van der Waals surface area contributed by atoms with Crippen molar-refractivity contribution in [1.29, 1.82) is 0 Å². The van der Waals surface area contributed by atoms with Gasteiger partial charge in [-0.05, 0) is 58.7 Å². The summed E-state index contributed by atoms with van der Waals surface area (Å²) < 4.78 is 46.0. The molecule has 1 aliphatic carbocycles. The largest absolute Gasteiger partial charge is 0.497 e. The van der Waals surface area contributed by atoms with Gasteiger partial charge in [-0.15, -0.1) is 0 Å². The average Bonchev–Trinajstić information content (AvgIpc) is 2.69. The van der Waals surface area contributed by atoms with Crippen LogP contribution in [0, 0.1) is 0 Å². The predicted octanol–water partition coefficient (Wildman–Crippen LogP) is 5.36. The lowest BCUT2D eigenvalue weighted by molar-refractivity contribution is -0.462. The maximum atomic E-state index is 12.9. The minimum absolute atomic E-state index is 0.659. The van der Waals surface area contributed by atoms with Gasteiger partial charge in [0.1, 0.15) is 19.8 Å². The highest BCUT2D eigenvalue weighted by Gasteiger charge is 2.30. The van der Waals surface area contributed by atoms with Crippen LogP contribution in [0.4, 0.5) is 13.2 Å². The van der Waals surface area contributed by atoms with Gasteiger partial charge < -0.3 is 4.74 Å². The summed E-state index contributed by atoms with van der Waals surface area (Å²) in [6.45, 7) is 0. The van der Waals surface area contributed by atoms with E-state index in [0.29, 0.717) is 0 Å². The van der Waals surface area contributed by atoms with E-state index >= 15 is 0 Å². The number of hydrogen-bond donors (Lipinski definition) is 0. The van der Waals surface area contributed by atoms with Gasteiger partial charge in [0.2, 0.25) is 0 Å². The van der Waals surface area contributed by atoms with Crippen LogP contribution in [-0.4, -0.2) is 31.5 Å². The van der Waals surface area contributed by atoms with Crippen LogP contribution in [0.5, 0.6) is 5.75 Å². The fourth-order valence-corrected chi connectivity index (χ4v) is 3.01. The van der Waals surface area contributed by atoms with Gasteiger partial charge in [-0.3, -0.25) is 0 Å². The van der Waals surface area contributed by atoms with Gasteiger partial charge in [0.25, 0.3) is 0 Å². The zero-order chi connectivity index (χ0) is 20.3. The molecule has 0 aliphatic heterocycles. The molecular weight excluding hydrogens is 363 g/mol. The maximum absolute atomic E-state index is 12.9. The summed E-state index contributed by atoms with van der Waals surface area (Å²) in [5.74, 6) is 0.721. The molecule has 28 heavy (non-hydrogen) atoms. The monoisotopic (exact) mass is 384 g/mol. The number of hydrogen-bond acceptors (Lipinski definition) is 1. The van der Waals surface area contributed by atoms with Crippen molar-refractivity contribution in [3.63, 3.8) is 0 Å². The first-order chi connectivity index (χ1) is 13.3. The molecule has 0 N–H and O–H groups in total. The molecule has 0 saturated heterocycles. The Hall–Kier alpha value is -3.08. The topological polar surface area (TPSA) is 12.2 Å². The quantitative estimate of drug-likeness (QED) is 0.650. The first-order valence-electron chi connectivity index (χ1n) is 8.76.